The Morgan fingerprint density at radius 2 is 0.600 bits per heavy atom. The maximum Gasteiger partial charge on any atom is 2.00 e. The van der Waals surface area contributed by atoms with Crippen LogP contribution in [-0.4, -0.2) is 168 Å². The Hall–Kier alpha value is 1.34. The van der Waals surface area contributed by atoms with E-state index in [1.807, 2.05) is 0 Å². The summed E-state index contributed by atoms with van der Waals surface area (Å²) in [7, 11) is 0. The Balaban J connectivity index is -0.000000659. The third kappa shape index (κ3) is 69.5. The van der Waals surface area contributed by atoms with Gasteiger partial charge >= 0.3 is 74.4 Å². The first kappa shape index (κ1) is 98.4. The van der Waals surface area contributed by atoms with Gasteiger partial charge in [0.05, 0.1) is 12.7 Å². The van der Waals surface area contributed by atoms with Crippen LogP contribution in [0.25, 0.3) is 0 Å². The summed E-state index contributed by atoms with van der Waals surface area (Å²) in [6.07, 6.45) is 66.0. The van der Waals surface area contributed by atoms with Crippen molar-refractivity contribution >= 4 is 51.9 Å². The quantitative estimate of drug-likeness (QED) is 0.0261. The molecule has 5 atom stereocenters. The molecule has 0 radical (unpaired) electrons. The van der Waals surface area contributed by atoms with E-state index < -0.39 is 0 Å². The number of alkyl halides is 1. The van der Waals surface area contributed by atoms with Crippen LogP contribution in [0.4, 0.5) is 0 Å². The molecule has 5 aliphatic heterocycles. The Labute approximate surface area is 652 Å². The second-order valence-electron chi connectivity index (χ2n) is 26.6. The molecule has 0 amide bonds. The fraction of sp³-hybridized carbons (Fsp3) is 0.974. The average Bonchev–Trinajstić information content (AvgIpc) is 3.63. The van der Waals surface area contributed by atoms with Gasteiger partial charge < -0.3 is 70.3 Å². The zero-order valence-electron chi connectivity index (χ0n) is 63.6. The fourth-order valence-electron chi connectivity index (χ4n) is 12.4. The van der Waals surface area contributed by atoms with Crippen LogP contribution in [0.15, 0.2) is 0 Å². The van der Waals surface area contributed by atoms with Crippen molar-refractivity contribution in [2.75, 3.05) is 78.0 Å². The number of unbranched alkanes of at least 4 members (excludes halogenated alkanes) is 30. The van der Waals surface area contributed by atoms with Gasteiger partial charge in [-0.1, -0.05) is 189 Å². The summed E-state index contributed by atoms with van der Waals surface area (Å²) in [5.74, 6) is 0. The molecule has 0 bridgehead atoms. The van der Waals surface area contributed by atoms with Crippen molar-refractivity contribution in [2.24, 2.45) is 0 Å². The smallest absolute Gasteiger partial charge is 1.00 e. The van der Waals surface area contributed by atoms with E-state index in [1.54, 1.807) is 6.92 Å². The van der Waals surface area contributed by atoms with Crippen LogP contribution >= 0.6 is 15.9 Å². The molecule has 5 aliphatic rings. The van der Waals surface area contributed by atoms with Crippen LogP contribution < -0.4 is 51.4 Å². The van der Waals surface area contributed by atoms with E-state index in [2.05, 4.69) is 20.7 Å². The maximum atomic E-state index is 10.9. The first-order valence-corrected chi connectivity index (χ1v) is 40.2. The molecule has 95 heavy (non-hydrogen) atoms. The van der Waals surface area contributed by atoms with Crippen LogP contribution in [0.5, 0.6) is 0 Å². The minimum absolute atomic E-state index is 0. The molecule has 0 aromatic heterocycles. The van der Waals surface area contributed by atoms with Gasteiger partial charge in [0, 0.05) is 71.4 Å². The van der Waals surface area contributed by atoms with Crippen molar-refractivity contribution in [1.82, 2.24) is 0 Å². The van der Waals surface area contributed by atoms with E-state index in [1.165, 1.54) is 250 Å². The Kier molecular flexibility index (Phi) is 83.9. The van der Waals surface area contributed by atoms with Crippen molar-refractivity contribution in [2.45, 2.75) is 397 Å². The molecule has 0 saturated carbocycles. The van der Waals surface area contributed by atoms with E-state index in [4.69, 9.17) is 52.1 Å². The summed E-state index contributed by atoms with van der Waals surface area (Å²) in [5.41, 5.74) is 0. The summed E-state index contributed by atoms with van der Waals surface area (Å²) < 4.78 is 66.3. The minimum atomic E-state index is -0.0849. The number of halogens is 1. The van der Waals surface area contributed by atoms with E-state index in [9.17, 15) is 14.7 Å². The van der Waals surface area contributed by atoms with Gasteiger partial charge in [0.15, 0.2) is 31.5 Å². The number of ether oxygens (including phenoxy) is 12. The SMILES string of the molecule is BrCCCCCCCCCOC1CCCCO1.CCOC=O.O=COC(CCCCCCCCCOC1CCCCO1)CCCCCCCCCOC1CCCCO1.OC(CCCCCCCCCOC1CCCCO1)CCCCCCCCCOC1CCCCO1.[H-].[H-].[K+].[Mg+2].[OH-]. The molecule has 16 nitrogen and oxygen atoms in total. The molecule has 0 aliphatic carbocycles. The maximum absolute atomic E-state index is 10.9. The molecule has 5 saturated heterocycles. The van der Waals surface area contributed by atoms with Gasteiger partial charge in [-0.2, -0.15) is 0 Å². The number of hydrogen-bond donors (Lipinski definition) is 1. The number of carbonyl (C=O) groups excluding carboxylic acids is 2. The number of carbonyl (C=O) groups is 2. The topological polar surface area (TPSA) is 195 Å². The Morgan fingerprint density at radius 3 is 0.800 bits per heavy atom. The van der Waals surface area contributed by atoms with Gasteiger partial charge in [-0.3, -0.25) is 9.59 Å². The zero-order valence-corrected chi connectivity index (χ0v) is 67.7. The van der Waals surface area contributed by atoms with Crippen LogP contribution in [0, 0.1) is 0 Å². The third-order valence-corrected chi connectivity index (χ3v) is 18.7. The Bertz CT molecular complexity index is 1400. The molecule has 0 aromatic carbocycles. The Morgan fingerprint density at radius 1 is 0.368 bits per heavy atom. The number of aliphatic hydroxyl groups is 1. The van der Waals surface area contributed by atoms with Gasteiger partial charge in [-0.25, -0.2) is 0 Å². The average molecular weight is 1460 g/mol. The van der Waals surface area contributed by atoms with Crippen molar-refractivity contribution in [3.8, 4) is 0 Å². The van der Waals surface area contributed by atoms with E-state index in [0.29, 0.717) is 19.6 Å². The van der Waals surface area contributed by atoms with Crippen molar-refractivity contribution in [3.05, 3.63) is 0 Å². The first-order chi connectivity index (χ1) is 45.6. The van der Waals surface area contributed by atoms with Gasteiger partial charge in [0.2, 0.25) is 0 Å². The molecule has 19 heteroatoms. The fourth-order valence-corrected chi connectivity index (χ4v) is 12.8. The van der Waals surface area contributed by atoms with Gasteiger partial charge in [-0.15, -0.1) is 0 Å². The van der Waals surface area contributed by atoms with Gasteiger partial charge in [-0.05, 0) is 180 Å². The summed E-state index contributed by atoms with van der Waals surface area (Å²) in [4.78, 5) is 20.1. The molecule has 5 heterocycles. The molecule has 5 fully saturated rings. The molecule has 5 rings (SSSR count). The third-order valence-electron chi connectivity index (χ3n) is 18.2. The van der Waals surface area contributed by atoms with Gasteiger partial charge in [0.1, 0.15) is 6.10 Å². The molecule has 558 valence electrons. The summed E-state index contributed by atoms with van der Waals surface area (Å²) >= 11 is 3.46. The summed E-state index contributed by atoms with van der Waals surface area (Å²) in [6, 6.07) is 0. The van der Waals surface area contributed by atoms with Crippen molar-refractivity contribution < 1.29 is 131 Å². The monoisotopic (exact) mass is 1460 g/mol. The summed E-state index contributed by atoms with van der Waals surface area (Å²) in [5, 5.41) is 11.4. The van der Waals surface area contributed by atoms with Crippen molar-refractivity contribution in [1.29, 1.82) is 0 Å². The van der Waals surface area contributed by atoms with E-state index in [-0.39, 0.29) is 126 Å². The molecular formula is C76H148BrKMgO16. The standard InChI is InChI=1S/C30H56O6.C29H56O5.C14H27BrO2.C3H6O2.K.Mg.H2O.2H/c31-27-36-28(19-11-7-3-1-5-9-15-23-32-29-21-13-17-25-34-29)20-12-8-4-2-6-10-16-24-33-30-22-14-18-26-35-30;30-27(19-11-7-3-1-5-9-15-23-31-28-21-13-17-25-33-28)20-12-8-4-2-6-10-16-24-32-29-22-14-18-26-34-29;15-11-7-4-2-1-3-5-8-12-16-14-10-6-9-13-17-14;1-2-5-3-4;;;;;/h27-30H,1-26H2;27-30H,1-26H2;14H,1-13H2;3H,2H2,1H3;;;1H2;;/q;;;;+1;+2;;2*-1/p-1. The van der Waals surface area contributed by atoms with Crippen LogP contribution in [0.3, 0.4) is 0 Å². The first-order valence-electron chi connectivity index (χ1n) is 39.1. The normalized spacial score (nSPS) is 20.1. The van der Waals surface area contributed by atoms with Crippen LogP contribution in [-0.2, 0) is 66.4 Å². The predicted octanol–water partition coefficient (Wildman–Crippen LogP) is 17.0. The molecule has 0 spiro atoms. The number of hydrogen-bond acceptors (Lipinski definition) is 16. The van der Waals surface area contributed by atoms with Crippen LogP contribution in [0.1, 0.15) is 357 Å². The van der Waals surface area contributed by atoms with Gasteiger partial charge in [0.25, 0.3) is 12.9 Å². The second kappa shape index (κ2) is 81.0. The molecule has 0 aromatic rings. The largest absolute Gasteiger partial charge is 2.00 e. The summed E-state index contributed by atoms with van der Waals surface area (Å²) in [6.45, 7) is 11.9. The van der Waals surface area contributed by atoms with E-state index in [0.717, 1.165) is 168 Å². The molecular weight excluding hydrogens is 1310 g/mol. The van der Waals surface area contributed by atoms with E-state index >= 15 is 0 Å². The molecule has 5 unspecified atom stereocenters. The predicted molar refractivity (Wildman–Crippen MR) is 386 cm³/mol. The number of aliphatic hydroxyl groups excluding tert-OH is 1. The second-order valence-corrected chi connectivity index (χ2v) is 27.4. The number of rotatable bonds is 58. The molecule has 2 N–H and O–H groups in total. The van der Waals surface area contributed by atoms with Crippen LogP contribution in [0.2, 0.25) is 0 Å². The minimum Gasteiger partial charge on any atom is -1.00 e. The van der Waals surface area contributed by atoms with Crippen molar-refractivity contribution in [3.63, 3.8) is 0 Å². The zero-order chi connectivity index (χ0) is 65.6.